The van der Waals surface area contributed by atoms with Crippen molar-refractivity contribution in [3.8, 4) is 5.69 Å². The minimum Gasteiger partial charge on any atom is -0.329 e. The number of halogens is 1. The summed E-state index contributed by atoms with van der Waals surface area (Å²) in [6, 6.07) is 15.3. The van der Waals surface area contributed by atoms with E-state index in [1.165, 1.54) is 0 Å². The second kappa shape index (κ2) is 8.22. The molecule has 0 saturated carbocycles. The molecule has 0 fully saturated rings. The second-order valence-corrected chi connectivity index (χ2v) is 8.27. The Balaban J connectivity index is 1.48. The van der Waals surface area contributed by atoms with Crippen LogP contribution in [0.1, 0.15) is 16.2 Å². The Kier molecular flexibility index (Phi) is 5.50. The van der Waals surface area contributed by atoms with Crippen LogP contribution in [0.5, 0.6) is 0 Å². The number of nitrogens with zero attached hydrogens (tertiary/aromatic N) is 5. The molecule has 0 aliphatic heterocycles. The summed E-state index contributed by atoms with van der Waals surface area (Å²) in [4.78, 5) is 18.0. The zero-order chi connectivity index (χ0) is 20.4. The molecule has 1 amide bonds. The zero-order valence-corrected chi connectivity index (χ0v) is 18.1. The summed E-state index contributed by atoms with van der Waals surface area (Å²) in [6.07, 6.45) is 3.67. The molecule has 4 aromatic rings. The number of aromatic nitrogens is 5. The summed E-state index contributed by atoms with van der Waals surface area (Å²) in [5.74, 6) is -0.298. The molecule has 0 atom stereocenters. The normalized spacial score (nSPS) is 10.9. The summed E-state index contributed by atoms with van der Waals surface area (Å²) in [7, 11) is 1.95. The first kappa shape index (κ1) is 19.4. The van der Waals surface area contributed by atoms with Gasteiger partial charge in [0.05, 0.1) is 11.4 Å². The fraction of sp³-hybridized carbons (Fsp3) is 0.100. The van der Waals surface area contributed by atoms with E-state index in [0.717, 1.165) is 20.2 Å². The molecule has 0 bridgehead atoms. The monoisotopic (exact) mass is 468 g/mol. The van der Waals surface area contributed by atoms with E-state index in [4.69, 9.17) is 0 Å². The maximum absolute atomic E-state index is 12.7. The first-order chi connectivity index (χ1) is 14.0. The first-order valence-electron chi connectivity index (χ1n) is 8.76. The third kappa shape index (κ3) is 4.25. The summed E-state index contributed by atoms with van der Waals surface area (Å²) in [5.41, 5.74) is 2.48. The highest BCUT2D eigenvalue weighted by Crippen LogP contribution is 2.27. The van der Waals surface area contributed by atoms with Crippen molar-refractivity contribution in [3.05, 3.63) is 76.8 Å². The van der Waals surface area contributed by atoms with Crippen molar-refractivity contribution < 1.29 is 4.79 Å². The van der Waals surface area contributed by atoms with Gasteiger partial charge in [0.2, 0.25) is 0 Å². The van der Waals surface area contributed by atoms with Gasteiger partial charge in [-0.25, -0.2) is 9.67 Å². The number of amides is 1. The van der Waals surface area contributed by atoms with Gasteiger partial charge in [-0.1, -0.05) is 39.0 Å². The number of anilines is 1. The van der Waals surface area contributed by atoms with Gasteiger partial charge in [-0.15, -0.1) is 5.10 Å². The minimum atomic E-state index is -0.298. The minimum absolute atomic E-state index is 0.288. The Morgan fingerprint density at radius 3 is 2.66 bits per heavy atom. The molecule has 0 radical (unpaired) electrons. The van der Waals surface area contributed by atoms with Crippen LogP contribution >= 0.6 is 27.7 Å². The molecule has 0 unspecified atom stereocenters. The van der Waals surface area contributed by atoms with Crippen LogP contribution in [0, 0.1) is 6.92 Å². The third-order valence-corrected chi connectivity index (χ3v) is 5.84. The molecule has 2 heterocycles. The number of carbonyl (C=O) groups excluding carboxylic acids is 1. The van der Waals surface area contributed by atoms with E-state index in [1.807, 2.05) is 73.3 Å². The van der Waals surface area contributed by atoms with Gasteiger partial charge in [0.25, 0.3) is 5.91 Å². The molecule has 0 saturated heterocycles. The Bertz CT molecular complexity index is 1170. The molecule has 0 spiro atoms. The molecule has 0 aliphatic carbocycles. The fourth-order valence-corrected chi connectivity index (χ4v) is 3.93. The SMILES string of the molecule is Cc1c(C(=O)Nc2ccc(Sc3nccn3C)cc2)nnn1-c1cccc(Br)c1. The lowest BCUT2D eigenvalue weighted by molar-refractivity contribution is 0.102. The topological polar surface area (TPSA) is 77.6 Å². The molecule has 146 valence electrons. The first-order valence-corrected chi connectivity index (χ1v) is 10.4. The number of rotatable bonds is 5. The second-order valence-electron chi connectivity index (χ2n) is 6.32. The smallest absolute Gasteiger partial charge is 0.278 e. The van der Waals surface area contributed by atoms with Gasteiger partial charge in [0.15, 0.2) is 10.9 Å². The summed E-state index contributed by atoms with van der Waals surface area (Å²) in [6.45, 7) is 1.82. The van der Waals surface area contributed by atoms with Crippen molar-refractivity contribution in [2.45, 2.75) is 17.0 Å². The predicted molar refractivity (Wildman–Crippen MR) is 116 cm³/mol. The molecule has 2 aromatic carbocycles. The van der Waals surface area contributed by atoms with Crippen LogP contribution in [0.15, 0.2) is 75.4 Å². The lowest BCUT2D eigenvalue weighted by atomic mass is 10.2. The van der Waals surface area contributed by atoms with E-state index in [2.05, 4.69) is 36.5 Å². The van der Waals surface area contributed by atoms with Crippen LogP contribution in [-0.2, 0) is 7.05 Å². The summed E-state index contributed by atoms with van der Waals surface area (Å²) < 4.78 is 4.53. The van der Waals surface area contributed by atoms with E-state index >= 15 is 0 Å². The van der Waals surface area contributed by atoms with Crippen molar-refractivity contribution >= 4 is 39.3 Å². The zero-order valence-electron chi connectivity index (χ0n) is 15.7. The third-order valence-electron chi connectivity index (χ3n) is 4.26. The number of nitrogens with one attached hydrogen (secondary N) is 1. The van der Waals surface area contributed by atoms with Crippen molar-refractivity contribution in [2.75, 3.05) is 5.32 Å². The predicted octanol–water partition coefficient (Wildman–Crippen LogP) is 4.48. The van der Waals surface area contributed by atoms with Crippen molar-refractivity contribution in [2.24, 2.45) is 7.05 Å². The van der Waals surface area contributed by atoms with E-state index < -0.39 is 0 Å². The van der Waals surface area contributed by atoms with E-state index in [0.29, 0.717) is 11.4 Å². The van der Waals surface area contributed by atoms with Gasteiger partial charge in [-0.2, -0.15) is 0 Å². The molecule has 0 aliphatic rings. The Morgan fingerprint density at radius 1 is 1.17 bits per heavy atom. The van der Waals surface area contributed by atoms with Gasteiger partial charge >= 0.3 is 0 Å². The Labute approximate surface area is 180 Å². The molecular weight excluding hydrogens is 452 g/mol. The van der Waals surface area contributed by atoms with Gasteiger partial charge in [0, 0.05) is 34.5 Å². The van der Waals surface area contributed by atoms with Crippen LogP contribution in [0.3, 0.4) is 0 Å². The highest BCUT2D eigenvalue weighted by molar-refractivity contribution is 9.10. The van der Waals surface area contributed by atoms with Crippen molar-refractivity contribution in [3.63, 3.8) is 0 Å². The highest BCUT2D eigenvalue weighted by atomic mass is 79.9. The van der Waals surface area contributed by atoms with Crippen LogP contribution in [0.4, 0.5) is 5.69 Å². The van der Waals surface area contributed by atoms with Gasteiger partial charge < -0.3 is 9.88 Å². The summed E-state index contributed by atoms with van der Waals surface area (Å²) >= 11 is 5.00. The Hall–Kier alpha value is -2.91. The van der Waals surface area contributed by atoms with Crippen LogP contribution in [-0.4, -0.2) is 30.5 Å². The Morgan fingerprint density at radius 2 is 1.97 bits per heavy atom. The van der Waals surface area contributed by atoms with Gasteiger partial charge in [-0.3, -0.25) is 4.79 Å². The number of hydrogen-bond acceptors (Lipinski definition) is 5. The molecular formula is C20H17BrN6OS. The van der Waals surface area contributed by atoms with Gasteiger partial charge in [0.1, 0.15) is 0 Å². The molecule has 7 nitrogen and oxygen atoms in total. The molecule has 4 rings (SSSR count). The standard InChI is InChI=1S/C20H17BrN6OS/c1-13-18(24-25-27(13)16-5-3-4-14(21)12-16)19(28)23-15-6-8-17(9-7-15)29-20-22-10-11-26(20)2/h3-12H,1-2H3,(H,23,28). The summed E-state index contributed by atoms with van der Waals surface area (Å²) in [5, 5.41) is 12.0. The maximum Gasteiger partial charge on any atom is 0.278 e. The maximum atomic E-state index is 12.7. The number of aryl methyl sites for hydroxylation is 1. The average Bonchev–Trinajstić information content (AvgIpc) is 3.29. The number of carbonyl (C=O) groups is 1. The van der Waals surface area contributed by atoms with Crippen molar-refractivity contribution in [1.82, 2.24) is 24.5 Å². The molecule has 2 aromatic heterocycles. The largest absolute Gasteiger partial charge is 0.329 e. The number of hydrogen-bond donors (Lipinski definition) is 1. The number of imidazole rings is 1. The van der Waals surface area contributed by atoms with Crippen LogP contribution in [0.2, 0.25) is 0 Å². The molecule has 9 heteroatoms. The lowest BCUT2D eigenvalue weighted by Gasteiger charge is -2.07. The van der Waals surface area contributed by atoms with Crippen LogP contribution < -0.4 is 5.32 Å². The quantitative estimate of drug-likeness (QED) is 0.467. The number of benzene rings is 2. The van der Waals surface area contributed by atoms with E-state index in [-0.39, 0.29) is 11.6 Å². The molecule has 29 heavy (non-hydrogen) atoms. The molecule has 1 N–H and O–H groups in total. The van der Waals surface area contributed by atoms with E-state index in [1.54, 1.807) is 22.6 Å². The highest BCUT2D eigenvalue weighted by Gasteiger charge is 2.17. The lowest BCUT2D eigenvalue weighted by Crippen LogP contribution is -2.14. The fourth-order valence-electron chi connectivity index (χ4n) is 2.74. The van der Waals surface area contributed by atoms with Crippen LogP contribution in [0.25, 0.3) is 5.69 Å². The van der Waals surface area contributed by atoms with Crippen molar-refractivity contribution in [1.29, 1.82) is 0 Å². The van der Waals surface area contributed by atoms with E-state index in [9.17, 15) is 4.79 Å². The van der Waals surface area contributed by atoms with Gasteiger partial charge in [-0.05, 0) is 49.4 Å². The average molecular weight is 469 g/mol.